The average molecular weight is 365 g/mol. The minimum Gasteiger partial charge on any atom is -0.345 e. The molecule has 1 saturated heterocycles. The molecule has 0 radical (unpaired) electrons. The monoisotopic (exact) mass is 365 g/mol. The molecule has 1 amide bonds. The predicted octanol–water partition coefficient (Wildman–Crippen LogP) is 3.02. The van der Waals surface area contributed by atoms with Crippen LogP contribution >= 0.6 is 11.8 Å². The molecule has 0 spiro atoms. The lowest BCUT2D eigenvalue weighted by molar-refractivity contribution is -0.126. The lowest BCUT2D eigenvalue weighted by Gasteiger charge is -2.15. The summed E-state index contributed by atoms with van der Waals surface area (Å²) >= 11 is 1.38. The van der Waals surface area contributed by atoms with Gasteiger partial charge in [0.25, 0.3) is 5.56 Å². The summed E-state index contributed by atoms with van der Waals surface area (Å²) in [6.07, 6.45) is 0.761. The Bertz CT molecular complexity index is 1040. The molecule has 1 unspecified atom stereocenters. The van der Waals surface area contributed by atoms with E-state index in [0.29, 0.717) is 16.1 Å². The highest BCUT2D eigenvalue weighted by atomic mass is 32.2. The number of likely N-dealkylation sites (tertiary alicyclic amines) is 1. The highest BCUT2D eigenvalue weighted by Crippen LogP contribution is 2.30. The summed E-state index contributed by atoms with van der Waals surface area (Å²) in [5.41, 5.74) is 2.43. The quantitative estimate of drug-likeness (QED) is 0.670. The van der Waals surface area contributed by atoms with E-state index in [-0.39, 0.29) is 16.7 Å². The average Bonchev–Trinajstić information content (AvgIpc) is 2.95. The number of benzene rings is 2. The molecule has 0 aliphatic carbocycles. The van der Waals surface area contributed by atoms with Crippen LogP contribution in [-0.2, 0) is 4.79 Å². The number of carbonyl (C=O) groups is 1. The summed E-state index contributed by atoms with van der Waals surface area (Å²) in [6.45, 7) is 2.74. The van der Waals surface area contributed by atoms with Gasteiger partial charge >= 0.3 is 0 Å². The van der Waals surface area contributed by atoms with E-state index < -0.39 is 0 Å². The van der Waals surface area contributed by atoms with Crippen molar-refractivity contribution >= 4 is 28.6 Å². The molecule has 2 heterocycles. The molecule has 1 atom stereocenters. The number of thioether (sulfide) groups is 1. The van der Waals surface area contributed by atoms with Crippen molar-refractivity contribution in [3.05, 3.63) is 64.4 Å². The first-order chi connectivity index (χ1) is 12.5. The van der Waals surface area contributed by atoms with Crippen molar-refractivity contribution < 1.29 is 4.79 Å². The van der Waals surface area contributed by atoms with Gasteiger partial charge in [-0.3, -0.25) is 14.2 Å². The summed E-state index contributed by atoms with van der Waals surface area (Å²) in [7, 11) is 1.81. The van der Waals surface area contributed by atoms with E-state index >= 15 is 0 Å². The van der Waals surface area contributed by atoms with Crippen LogP contribution in [0.1, 0.15) is 12.0 Å². The Morgan fingerprint density at radius 3 is 2.50 bits per heavy atom. The molecule has 4 rings (SSSR count). The Kier molecular flexibility index (Phi) is 4.28. The summed E-state index contributed by atoms with van der Waals surface area (Å²) in [5.74, 6) is 0.0906. The van der Waals surface area contributed by atoms with Crippen LogP contribution in [0, 0.1) is 6.92 Å². The summed E-state index contributed by atoms with van der Waals surface area (Å²) in [6, 6.07) is 15.1. The second-order valence-electron chi connectivity index (χ2n) is 6.54. The van der Waals surface area contributed by atoms with E-state index in [1.807, 2.05) is 56.4 Å². The van der Waals surface area contributed by atoms with Crippen LogP contribution in [0.3, 0.4) is 0 Å². The maximum Gasteiger partial charge on any atom is 0.266 e. The molecule has 0 bridgehead atoms. The van der Waals surface area contributed by atoms with Crippen molar-refractivity contribution in [3.63, 3.8) is 0 Å². The molecule has 1 fully saturated rings. The molecule has 1 aromatic heterocycles. The molecule has 2 aromatic carbocycles. The second-order valence-corrected chi connectivity index (χ2v) is 7.71. The first kappa shape index (κ1) is 16.8. The van der Waals surface area contributed by atoms with Gasteiger partial charge in [-0.2, -0.15) is 0 Å². The number of aromatic nitrogens is 2. The van der Waals surface area contributed by atoms with Gasteiger partial charge in [-0.1, -0.05) is 41.6 Å². The van der Waals surface area contributed by atoms with Crippen molar-refractivity contribution in [1.82, 2.24) is 14.5 Å². The minimum atomic E-state index is -0.204. The number of aryl methyl sites for hydroxylation is 1. The van der Waals surface area contributed by atoms with Crippen molar-refractivity contribution in [1.29, 1.82) is 0 Å². The van der Waals surface area contributed by atoms with Crippen LogP contribution < -0.4 is 5.56 Å². The number of amides is 1. The molecule has 1 aliphatic heterocycles. The zero-order chi connectivity index (χ0) is 18.3. The fourth-order valence-electron chi connectivity index (χ4n) is 3.14. The Morgan fingerprint density at radius 1 is 1.08 bits per heavy atom. The number of hydrogen-bond acceptors (Lipinski definition) is 4. The topological polar surface area (TPSA) is 55.2 Å². The van der Waals surface area contributed by atoms with Crippen LogP contribution in [-0.4, -0.2) is 39.2 Å². The van der Waals surface area contributed by atoms with Gasteiger partial charge in [-0.25, -0.2) is 4.98 Å². The summed E-state index contributed by atoms with van der Waals surface area (Å²) in [5, 5.41) is 0.934. The molecule has 6 heteroatoms. The number of rotatable bonds is 3. The third kappa shape index (κ3) is 2.90. The molecule has 132 valence electrons. The Balaban J connectivity index is 1.89. The van der Waals surface area contributed by atoms with E-state index in [1.54, 1.807) is 15.5 Å². The van der Waals surface area contributed by atoms with Gasteiger partial charge in [0.05, 0.1) is 21.8 Å². The van der Waals surface area contributed by atoms with Gasteiger partial charge < -0.3 is 4.90 Å². The van der Waals surface area contributed by atoms with E-state index in [0.717, 1.165) is 24.2 Å². The van der Waals surface area contributed by atoms with Crippen molar-refractivity contribution in [2.75, 3.05) is 13.6 Å². The Morgan fingerprint density at radius 2 is 1.81 bits per heavy atom. The number of nitrogens with zero attached hydrogens (tertiary/aromatic N) is 3. The number of para-hydroxylation sites is 1. The Hall–Kier alpha value is -2.60. The van der Waals surface area contributed by atoms with Crippen LogP contribution in [0.25, 0.3) is 16.6 Å². The molecular weight excluding hydrogens is 346 g/mol. The molecule has 0 saturated carbocycles. The highest BCUT2D eigenvalue weighted by molar-refractivity contribution is 8.00. The summed E-state index contributed by atoms with van der Waals surface area (Å²) in [4.78, 5) is 32.0. The van der Waals surface area contributed by atoms with Crippen molar-refractivity contribution in [3.8, 4) is 5.69 Å². The van der Waals surface area contributed by atoms with E-state index in [9.17, 15) is 9.59 Å². The normalized spacial score (nSPS) is 17.2. The minimum absolute atomic E-state index is 0.0906. The van der Waals surface area contributed by atoms with E-state index in [4.69, 9.17) is 4.98 Å². The molecule has 5 nitrogen and oxygen atoms in total. The standard InChI is InChI=1S/C20H19N3O2S/c1-13-7-9-14(10-8-13)23-18(24)15-5-3-4-6-16(15)21-20(23)26-17-11-12-22(2)19(17)25/h3-10,17H,11-12H2,1-2H3. The Labute approximate surface area is 155 Å². The SMILES string of the molecule is Cc1ccc(-n2c(SC3CCN(C)C3=O)nc3ccccc3c2=O)cc1. The second kappa shape index (κ2) is 6.61. The number of carbonyl (C=O) groups excluding carboxylic acids is 1. The molecule has 1 aliphatic rings. The van der Waals surface area contributed by atoms with Crippen molar-refractivity contribution in [2.24, 2.45) is 0 Å². The van der Waals surface area contributed by atoms with E-state index in [1.165, 1.54) is 11.8 Å². The van der Waals surface area contributed by atoms with Crippen LogP contribution in [0.2, 0.25) is 0 Å². The van der Waals surface area contributed by atoms with Crippen molar-refractivity contribution in [2.45, 2.75) is 23.8 Å². The van der Waals surface area contributed by atoms with Gasteiger partial charge in [-0.15, -0.1) is 0 Å². The zero-order valence-electron chi connectivity index (χ0n) is 14.7. The fourth-order valence-corrected chi connectivity index (χ4v) is 4.34. The van der Waals surface area contributed by atoms with Gasteiger partial charge in [0, 0.05) is 13.6 Å². The lowest BCUT2D eigenvalue weighted by atomic mass is 10.2. The zero-order valence-corrected chi connectivity index (χ0v) is 15.5. The van der Waals surface area contributed by atoms with E-state index in [2.05, 4.69) is 0 Å². The number of fused-ring (bicyclic) bond motifs is 1. The van der Waals surface area contributed by atoms with Crippen LogP contribution in [0.15, 0.2) is 58.5 Å². The maximum atomic E-state index is 13.2. The van der Waals surface area contributed by atoms with Gasteiger partial charge in [0.15, 0.2) is 5.16 Å². The van der Waals surface area contributed by atoms with Crippen LogP contribution in [0.5, 0.6) is 0 Å². The first-order valence-corrected chi connectivity index (χ1v) is 9.43. The predicted molar refractivity (Wildman–Crippen MR) is 104 cm³/mol. The van der Waals surface area contributed by atoms with Gasteiger partial charge in [0.2, 0.25) is 5.91 Å². The molecule has 3 aromatic rings. The van der Waals surface area contributed by atoms with Gasteiger partial charge in [-0.05, 0) is 37.6 Å². The highest BCUT2D eigenvalue weighted by Gasteiger charge is 2.31. The lowest BCUT2D eigenvalue weighted by Crippen LogP contribution is -2.26. The largest absolute Gasteiger partial charge is 0.345 e. The number of hydrogen-bond donors (Lipinski definition) is 0. The molecule has 26 heavy (non-hydrogen) atoms. The fraction of sp³-hybridized carbons (Fsp3) is 0.250. The summed E-state index contributed by atoms with van der Waals surface area (Å²) < 4.78 is 1.62. The third-order valence-electron chi connectivity index (χ3n) is 4.66. The van der Waals surface area contributed by atoms with Gasteiger partial charge in [0.1, 0.15) is 0 Å². The maximum absolute atomic E-state index is 13.2. The smallest absolute Gasteiger partial charge is 0.266 e. The third-order valence-corrected chi connectivity index (χ3v) is 5.87. The molecule has 0 N–H and O–H groups in total. The van der Waals surface area contributed by atoms with Crippen LogP contribution in [0.4, 0.5) is 0 Å². The molecular formula is C20H19N3O2S. The first-order valence-electron chi connectivity index (χ1n) is 8.55.